The molecule has 5 rings (SSSR count). The maximum atomic E-state index is 13.3. The van der Waals surface area contributed by atoms with Crippen molar-refractivity contribution in [2.24, 2.45) is 5.41 Å². The van der Waals surface area contributed by atoms with Crippen molar-refractivity contribution in [3.05, 3.63) is 63.1 Å². The van der Waals surface area contributed by atoms with E-state index < -0.39 is 75.7 Å². The summed E-state index contributed by atoms with van der Waals surface area (Å²) in [5.74, 6) is -0.689. The summed E-state index contributed by atoms with van der Waals surface area (Å²) < 4.78 is 62.4. The van der Waals surface area contributed by atoms with Crippen LogP contribution in [0.2, 0.25) is 0 Å². The zero-order chi connectivity index (χ0) is 32.7. The summed E-state index contributed by atoms with van der Waals surface area (Å²) in [7, 11) is -10.0. The van der Waals surface area contributed by atoms with Gasteiger partial charge >= 0.3 is 27.3 Å². The van der Waals surface area contributed by atoms with Gasteiger partial charge in [0.1, 0.15) is 24.0 Å². The molecule has 2 aromatic heterocycles. The normalized spacial score (nSPS) is 28.6. The lowest BCUT2D eigenvalue weighted by Gasteiger charge is -2.30. The third-order valence-corrected chi connectivity index (χ3v) is 9.87. The number of aromatic nitrogens is 3. The van der Waals surface area contributed by atoms with Gasteiger partial charge in [-0.15, -0.1) is 0 Å². The lowest BCUT2D eigenvalue weighted by molar-refractivity contribution is -0.181. The van der Waals surface area contributed by atoms with Crippen LogP contribution >= 0.6 is 15.6 Å². The number of esters is 1. The Balaban J connectivity index is 1.25. The first-order valence-corrected chi connectivity index (χ1v) is 16.5. The average molecular weight is 675 g/mol. The van der Waals surface area contributed by atoms with Crippen molar-refractivity contribution in [2.75, 3.05) is 13.2 Å². The second kappa shape index (κ2) is 12.6. The van der Waals surface area contributed by atoms with E-state index in [0.29, 0.717) is 16.7 Å². The number of hydrogen-bond acceptors (Lipinski definition) is 15. The molecule has 2 aliphatic heterocycles. The van der Waals surface area contributed by atoms with Crippen LogP contribution in [0.25, 0.3) is 11.0 Å². The average Bonchev–Trinajstić information content (AvgIpc) is 3.49. The largest absolute Gasteiger partial charge is 0.486 e. The number of rotatable bonds is 9. The van der Waals surface area contributed by atoms with Crippen LogP contribution in [0, 0.1) is 5.41 Å². The van der Waals surface area contributed by atoms with Gasteiger partial charge in [-0.1, -0.05) is 17.3 Å². The molecule has 2 fully saturated rings. The molecule has 0 bridgehead atoms. The van der Waals surface area contributed by atoms with Crippen molar-refractivity contribution in [2.45, 2.75) is 64.6 Å². The van der Waals surface area contributed by atoms with Crippen LogP contribution < -0.4 is 11.2 Å². The van der Waals surface area contributed by atoms with Gasteiger partial charge in [0.25, 0.3) is 5.56 Å². The van der Waals surface area contributed by atoms with Crippen molar-refractivity contribution >= 4 is 32.6 Å². The summed E-state index contributed by atoms with van der Waals surface area (Å²) >= 11 is 0. The van der Waals surface area contributed by atoms with E-state index in [0.717, 1.165) is 21.4 Å². The lowest BCUT2D eigenvalue weighted by atomic mass is 9.97. The quantitative estimate of drug-likeness (QED) is 0.215. The van der Waals surface area contributed by atoms with E-state index in [2.05, 4.69) is 9.47 Å². The van der Waals surface area contributed by atoms with E-state index in [9.17, 15) is 38.6 Å². The Kier molecular flexibility index (Phi) is 9.37. The van der Waals surface area contributed by atoms with Gasteiger partial charge in [0, 0.05) is 24.1 Å². The fraction of sp³-hybridized carbons (Fsp3) is 0.520. The molecular weight excluding hydrogens is 644 g/mol. The van der Waals surface area contributed by atoms with Crippen LogP contribution in [-0.2, 0) is 47.8 Å². The molecule has 0 saturated carbocycles. The highest BCUT2D eigenvalue weighted by molar-refractivity contribution is 7.61. The minimum Gasteiger partial charge on any atom is -0.435 e. The molecule has 3 aromatic rings. The number of nitrogens with zero attached hydrogens (tertiary/aromatic N) is 3. The molecule has 7 atom stereocenters. The van der Waals surface area contributed by atoms with Crippen molar-refractivity contribution in [1.82, 2.24) is 14.3 Å². The molecule has 2 aliphatic rings. The SMILES string of the molecule is CC(C)(C)C(=O)OC1CCOP(=O)(OP(=O)(O)OC[C@H]2O[C@@H](n3ccc(=O)n(Cc4noc5ccccc45)c3=O)[C@@H](O)C2O)O1. The maximum Gasteiger partial charge on any atom is 0.486 e. The van der Waals surface area contributed by atoms with Crippen molar-refractivity contribution in [3.63, 3.8) is 0 Å². The third kappa shape index (κ3) is 7.36. The number of benzene rings is 1. The standard InChI is InChI=1S/C25H31N3O15P2/c1-25(2,3)23(32)40-19-9-11-37-45(36,42-19)43-44(34,35)38-13-17-20(30)21(31)22(39-17)27-10-8-18(29)28(24(27)33)12-15-14-6-4-5-7-16(14)41-26-15/h4-8,10,17,19-22,30-31H,9,11-13H2,1-3H3,(H,34,35)/t17-,19?,20?,21+,22-,45?/m1/s1. The van der Waals surface area contributed by atoms with E-state index >= 15 is 0 Å². The molecular formula is C25H31N3O15P2. The Morgan fingerprint density at radius 3 is 2.64 bits per heavy atom. The first kappa shape index (κ1) is 33.3. The molecule has 18 nitrogen and oxygen atoms in total. The minimum atomic E-state index is -5.24. The van der Waals surface area contributed by atoms with Gasteiger partial charge in [-0.3, -0.25) is 27.8 Å². The summed E-state index contributed by atoms with van der Waals surface area (Å²) in [6.07, 6.45) is -6.93. The fourth-order valence-electron chi connectivity index (χ4n) is 4.39. The molecule has 3 N–H and O–H groups in total. The Labute approximate surface area is 254 Å². The maximum absolute atomic E-state index is 13.3. The molecule has 4 heterocycles. The van der Waals surface area contributed by atoms with Gasteiger partial charge in [-0.25, -0.2) is 18.4 Å². The predicted octanol–water partition coefficient (Wildman–Crippen LogP) is 1.41. The molecule has 2 saturated heterocycles. The molecule has 246 valence electrons. The summed E-state index contributed by atoms with van der Waals surface area (Å²) in [5, 5.41) is 25.7. The zero-order valence-electron chi connectivity index (χ0n) is 24.2. The second-order valence-corrected chi connectivity index (χ2v) is 14.4. The van der Waals surface area contributed by atoms with Crippen LogP contribution in [0.4, 0.5) is 0 Å². The number of aliphatic hydroxyl groups excluding tert-OH is 2. The van der Waals surface area contributed by atoms with Crippen molar-refractivity contribution < 1.29 is 60.9 Å². The van der Waals surface area contributed by atoms with E-state index in [1.807, 2.05) is 0 Å². The Morgan fingerprint density at radius 2 is 1.91 bits per heavy atom. The monoisotopic (exact) mass is 675 g/mol. The molecule has 0 amide bonds. The number of para-hydroxylation sites is 1. The summed E-state index contributed by atoms with van der Waals surface area (Å²) in [6.45, 7) is 3.25. The van der Waals surface area contributed by atoms with Gasteiger partial charge in [-0.2, -0.15) is 4.31 Å². The van der Waals surface area contributed by atoms with E-state index in [1.54, 1.807) is 45.0 Å². The molecule has 4 unspecified atom stereocenters. The molecule has 45 heavy (non-hydrogen) atoms. The van der Waals surface area contributed by atoms with Gasteiger partial charge in [0.15, 0.2) is 11.8 Å². The van der Waals surface area contributed by atoms with Crippen LogP contribution in [0.3, 0.4) is 0 Å². The van der Waals surface area contributed by atoms with Gasteiger partial charge in [0.05, 0.1) is 25.2 Å². The van der Waals surface area contributed by atoms with E-state index in [-0.39, 0.29) is 19.6 Å². The topological polar surface area (TPSA) is 237 Å². The first-order valence-electron chi connectivity index (χ1n) is 13.6. The Morgan fingerprint density at radius 1 is 1.18 bits per heavy atom. The van der Waals surface area contributed by atoms with E-state index in [1.165, 1.54) is 0 Å². The Bertz CT molecular complexity index is 1780. The summed E-state index contributed by atoms with van der Waals surface area (Å²) in [6, 6.07) is 7.86. The number of hydrogen-bond donors (Lipinski definition) is 3. The number of carbonyl (C=O) groups is 1. The van der Waals surface area contributed by atoms with Crippen LogP contribution in [0.1, 0.15) is 39.1 Å². The number of fused-ring (bicyclic) bond motifs is 1. The molecule has 0 spiro atoms. The second-order valence-electron chi connectivity index (χ2n) is 11.2. The molecule has 0 radical (unpaired) electrons. The summed E-state index contributed by atoms with van der Waals surface area (Å²) in [4.78, 5) is 48.2. The van der Waals surface area contributed by atoms with Crippen LogP contribution in [-0.4, -0.2) is 73.2 Å². The highest BCUT2D eigenvalue weighted by atomic mass is 31.3. The van der Waals surface area contributed by atoms with Crippen molar-refractivity contribution in [1.29, 1.82) is 0 Å². The lowest BCUT2D eigenvalue weighted by Crippen LogP contribution is -2.43. The minimum absolute atomic E-state index is 0.0327. The highest BCUT2D eigenvalue weighted by Crippen LogP contribution is 2.65. The number of ether oxygens (including phenoxy) is 2. The predicted molar refractivity (Wildman–Crippen MR) is 149 cm³/mol. The number of phosphoric ester groups is 2. The van der Waals surface area contributed by atoms with Crippen molar-refractivity contribution in [3.8, 4) is 0 Å². The summed E-state index contributed by atoms with van der Waals surface area (Å²) in [5.41, 5.74) is -1.79. The smallest absolute Gasteiger partial charge is 0.435 e. The van der Waals surface area contributed by atoms with Gasteiger partial charge in [-0.05, 0) is 32.9 Å². The van der Waals surface area contributed by atoms with Crippen LogP contribution in [0.15, 0.2) is 50.6 Å². The Hall–Kier alpha value is -3.02. The molecule has 20 heteroatoms. The van der Waals surface area contributed by atoms with Crippen LogP contribution in [0.5, 0.6) is 0 Å². The number of carbonyl (C=O) groups excluding carboxylic acids is 1. The molecule has 0 aliphatic carbocycles. The fourth-order valence-corrected chi connectivity index (χ4v) is 7.10. The highest BCUT2D eigenvalue weighted by Gasteiger charge is 2.48. The first-order chi connectivity index (χ1) is 21.1. The number of aliphatic hydroxyl groups is 2. The zero-order valence-corrected chi connectivity index (χ0v) is 25.9. The molecule has 1 aromatic carbocycles. The van der Waals surface area contributed by atoms with E-state index in [4.69, 9.17) is 27.6 Å². The number of phosphoric acid groups is 2. The van der Waals surface area contributed by atoms with Gasteiger partial charge in [0.2, 0.25) is 6.29 Å². The van der Waals surface area contributed by atoms with Gasteiger partial charge < -0.3 is 29.1 Å². The third-order valence-electron chi connectivity index (χ3n) is 6.77.